The van der Waals surface area contributed by atoms with E-state index < -0.39 is 0 Å². The Labute approximate surface area is 123 Å². The average molecular weight is 302 g/mol. The van der Waals surface area contributed by atoms with E-state index >= 15 is 0 Å². The van der Waals surface area contributed by atoms with Gasteiger partial charge in [0.1, 0.15) is 0 Å². The van der Waals surface area contributed by atoms with E-state index in [1.165, 1.54) is 17.7 Å². The van der Waals surface area contributed by atoms with Crippen LogP contribution in [0.3, 0.4) is 0 Å². The van der Waals surface area contributed by atoms with Crippen molar-refractivity contribution in [2.45, 2.75) is 19.8 Å². The molecule has 2 atom stereocenters. The van der Waals surface area contributed by atoms with E-state index in [2.05, 4.69) is 12.2 Å². The number of halogens is 2. The van der Waals surface area contributed by atoms with Gasteiger partial charge >= 0.3 is 0 Å². The maximum Gasteiger partial charge on any atom is 0.279 e. The van der Waals surface area contributed by atoms with Crippen LogP contribution in [-0.4, -0.2) is 25.5 Å². The predicted molar refractivity (Wildman–Crippen MR) is 79.1 cm³/mol. The lowest BCUT2D eigenvalue weighted by Crippen LogP contribution is -3.14. The molecule has 104 valence electrons. The number of carbonyl (C=O) groups is 1. The monoisotopic (exact) mass is 301 g/mol. The molecule has 1 aromatic carbocycles. The Kier molecular flexibility index (Phi) is 5.08. The summed E-state index contributed by atoms with van der Waals surface area (Å²) in [5.41, 5.74) is 0.587. The van der Waals surface area contributed by atoms with Gasteiger partial charge in [-0.05, 0) is 31.0 Å². The third-order valence-corrected chi connectivity index (χ3v) is 4.04. The molecule has 0 spiro atoms. The molecule has 1 amide bonds. The molecule has 1 saturated heterocycles. The van der Waals surface area contributed by atoms with Gasteiger partial charge in [0.25, 0.3) is 5.91 Å². The molecule has 2 N–H and O–H groups in total. The van der Waals surface area contributed by atoms with Crippen LogP contribution in [0.5, 0.6) is 0 Å². The maximum atomic E-state index is 12.0. The molecule has 1 heterocycles. The largest absolute Gasteiger partial charge is 0.327 e. The highest BCUT2D eigenvalue weighted by molar-refractivity contribution is 6.35. The van der Waals surface area contributed by atoms with Gasteiger partial charge in [0.2, 0.25) is 0 Å². The number of likely N-dealkylation sites (tertiary alicyclic amines) is 1. The number of anilines is 1. The van der Waals surface area contributed by atoms with Crippen molar-refractivity contribution in [3.05, 3.63) is 28.2 Å². The van der Waals surface area contributed by atoms with E-state index in [4.69, 9.17) is 23.2 Å². The number of piperidine rings is 1. The fourth-order valence-electron chi connectivity index (χ4n) is 2.57. The minimum atomic E-state index is -0.00623. The van der Waals surface area contributed by atoms with Gasteiger partial charge in [0.05, 0.1) is 23.8 Å². The lowest BCUT2D eigenvalue weighted by Gasteiger charge is -2.27. The third kappa shape index (κ3) is 4.37. The van der Waals surface area contributed by atoms with Crippen LogP contribution in [0.25, 0.3) is 0 Å². The summed E-state index contributed by atoms with van der Waals surface area (Å²) in [7, 11) is 0. The maximum absolute atomic E-state index is 12.0. The van der Waals surface area contributed by atoms with Gasteiger partial charge in [-0.25, -0.2) is 0 Å². The number of rotatable bonds is 3. The molecule has 19 heavy (non-hydrogen) atoms. The predicted octanol–water partition coefficient (Wildman–Crippen LogP) is 2.25. The normalized spacial score (nSPS) is 23.1. The van der Waals surface area contributed by atoms with E-state index in [1.54, 1.807) is 18.2 Å². The molecule has 0 saturated carbocycles. The molecule has 5 heteroatoms. The Bertz CT molecular complexity index is 465. The van der Waals surface area contributed by atoms with Crippen molar-refractivity contribution in [1.82, 2.24) is 0 Å². The summed E-state index contributed by atoms with van der Waals surface area (Å²) in [6.45, 7) is 4.87. The topological polar surface area (TPSA) is 33.5 Å². The highest BCUT2D eigenvalue weighted by Gasteiger charge is 2.22. The van der Waals surface area contributed by atoms with Crippen molar-refractivity contribution in [3.8, 4) is 0 Å². The van der Waals surface area contributed by atoms with Crippen LogP contribution >= 0.6 is 23.2 Å². The molecule has 0 bridgehead atoms. The minimum absolute atomic E-state index is 0.00623. The zero-order valence-electron chi connectivity index (χ0n) is 11.0. The Morgan fingerprint density at radius 2 is 2.26 bits per heavy atom. The van der Waals surface area contributed by atoms with Crippen molar-refractivity contribution in [1.29, 1.82) is 0 Å². The van der Waals surface area contributed by atoms with Crippen LogP contribution in [0.15, 0.2) is 18.2 Å². The number of hydrogen-bond donors (Lipinski definition) is 2. The smallest absolute Gasteiger partial charge is 0.279 e. The van der Waals surface area contributed by atoms with Crippen molar-refractivity contribution in [2.24, 2.45) is 5.92 Å². The van der Waals surface area contributed by atoms with E-state index in [1.807, 2.05) is 0 Å². The minimum Gasteiger partial charge on any atom is -0.327 e. The summed E-state index contributed by atoms with van der Waals surface area (Å²) in [5.74, 6) is 0.694. The average Bonchev–Trinajstić information content (AvgIpc) is 2.34. The Morgan fingerprint density at radius 1 is 1.47 bits per heavy atom. The first-order valence-electron chi connectivity index (χ1n) is 6.63. The van der Waals surface area contributed by atoms with Crippen molar-refractivity contribution in [2.75, 3.05) is 25.0 Å². The lowest BCUT2D eigenvalue weighted by molar-refractivity contribution is -0.900. The quantitative estimate of drug-likeness (QED) is 0.882. The number of nitrogens with one attached hydrogen (secondary N) is 2. The van der Waals surface area contributed by atoms with Gasteiger partial charge in [0, 0.05) is 10.9 Å². The zero-order valence-corrected chi connectivity index (χ0v) is 12.5. The van der Waals surface area contributed by atoms with E-state index in [9.17, 15) is 4.79 Å². The number of hydrogen-bond acceptors (Lipinski definition) is 1. The molecule has 0 aliphatic carbocycles. The molecule has 1 aromatic rings. The Hall–Kier alpha value is -0.770. The molecule has 0 aromatic heterocycles. The Balaban J connectivity index is 1.92. The summed E-state index contributed by atoms with van der Waals surface area (Å²) in [5, 5.41) is 3.92. The standard InChI is InChI=1S/C14H18Cl2N2O/c1-10-3-2-6-18(8-10)9-14(19)17-13-7-11(15)4-5-12(13)16/h4-5,7,10H,2-3,6,8-9H2,1H3,(H,17,19)/p+1/t10-/m0/s1. The molecule has 3 nitrogen and oxygen atoms in total. The summed E-state index contributed by atoms with van der Waals surface area (Å²) < 4.78 is 0. The Morgan fingerprint density at radius 3 is 3.00 bits per heavy atom. The number of carbonyl (C=O) groups excluding carboxylic acids is 1. The van der Waals surface area contributed by atoms with Crippen LogP contribution in [0.4, 0.5) is 5.69 Å². The lowest BCUT2D eigenvalue weighted by atomic mass is 10.0. The first kappa shape index (κ1) is 14.6. The van der Waals surface area contributed by atoms with Crippen molar-refractivity contribution >= 4 is 34.8 Å². The zero-order chi connectivity index (χ0) is 13.8. The van der Waals surface area contributed by atoms with Gasteiger partial charge in [-0.1, -0.05) is 30.1 Å². The van der Waals surface area contributed by atoms with Crippen LogP contribution < -0.4 is 10.2 Å². The van der Waals surface area contributed by atoms with Gasteiger partial charge < -0.3 is 10.2 Å². The van der Waals surface area contributed by atoms with Crippen LogP contribution in [-0.2, 0) is 4.79 Å². The highest BCUT2D eigenvalue weighted by atomic mass is 35.5. The number of amides is 1. The summed E-state index contributed by atoms with van der Waals surface area (Å²) in [4.78, 5) is 13.4. The SMILES string of the molecule is C[C@H]1CCC[NH+](CC(=O)Nc2cc(Cl)ccc2Cl)C1. The van der Waals surface area contributed by atoms with Gasteiger partial charge in [-0.3, -0.25) is 4.79 Å². The second kappa shape index (κ2) is 6.60. The van der Waals surface area contributed by atoms with Gasteiger partial charge in [0.15, 0.2) is 6.54 Å². The molecule has 1 unspecified atom stereocenters. The first-order chi connectivity index (χ1) is 9.04. The van der Waals surface area contributed by atoms with Crippen LogP contribution in [0, 0.1) is 5.92 Å². The summed E-state index contributed by atoms with van der Waals surface area (Å²) in [6, 6.07) is 5.07. The van der Waals surface area contributed by atoms with Crippen LogP contribution in [0.1, 0.15) is 19.8 Å². The number of quaternary nitrogens is 1. The van der Waals surface area contributed by atoms with E-state index in [-0.39, 0.29) is 5.91 Å². The molecule has 1 aliphatic rings. The van der Waals surface area contributed by atoms with Gasteiger partial charge in [-0.15, -0.1) is 0 Å². The first-order valence-corrected chi connectivity index (χ1v) is 7.38. The van der Waals surface area contributed by atoms with Crippen LogP contribution in [0.2, 0.25) is 10.0 Å². The summed E-state index contributed by atoms with van der Waals surface area (Å²) in [6.07, 6.45) is 2.47. The fourth-order valence-corrected chi connectivity index (χ4v) is 2.91. The molecule has 1 aliphatic heterocycles. The third-order valence-electron chi connectivity index (χ3n) is 3.48. The molecular formula is C14H19Cl2N2O+. The number of benzene rings is 1. The molecule has 2 rings (SSSR count). The van der Waals surface area contributed by atoms with Crippen molar-refractivity contribution < 1.29 is 9.69 Å². The second-order valence-electron chi connectivity index (χ2n) is 5.30. The molecular weight excluding hydrogens is 283 g/mol. The molecule has 0 radical (unpaired) electrons. The fraction of sp³-hybridized carbons (Fsp3) is 0.500. The van der Waals surface area contributed by atoms with Gasteiger partial charge in [-0.2, -0.15) is 0 Å². The van der Waals surface area contributed by atoms with Crippen molar-refractivity contribution in [3.63, 3.8) is 0 Å². The molecule has 1 fully saturated rings. The van der Waals surface area contributed by atoms with E-state index in [0.717, 1.165) is 13.1 Å². The van der Waals surface area contributed by atoms with E-state index in [0.29, 0.717) is 28.2 Å². The second-order valence-corrected chi connectivity index (χ2v) is 6.14. The highest BCUT2D eigenvalue weighted by Crippen LogP contribution is 2.25. The summed E-state index contributed by atoms with van der Waals surface area (Å²) >= 11 is 11.9.